The van der Waals surface area contributed by atoms with Crippen molar-refractivity contribution in [2.45, 2.75) is 19.3 Å². The molecule has 0 fully saturated rings. The molecular weight excluding hydrogens is 248 g/mol. The lowest BCUT2D eigenvalue weighted by Gasteiger charge is -2.04. The number of anilines is 1. The summed E-state index contributed by atoms with van der Waals surface area (Å²) in [5.74, 6) is -0.306. The fraction of sp³-hybridized carbons (Fsp3) is 0.176. The Labute approximate surface area is 118 Å². The Kier molecular flexibility index (Phi) is 3.33. The molecule has 1 aliphatic rings. The third-order valence-corrected chi connectivity index (χ3v) is 3.57. The summed E-state index contributed by atoms with van der Waals surface area (Å²) in [5, 5.41) is 2.88. The number of aliphatic imine (C=N–C) groups is 1. The molecule has 1 amide bonds. The second-order valence-electron chi connectivity index (χ2n) is 4.81. The summed E-state index contributed by atoms with van der Waals surface area (Å²) in [5.41, 5.74) is 4.01. The van der Waals surface area contributed by atoms with Gasteiger partial charge in [-0.2, -0.15) is 0 Å². The molecule has 1 unspecified atom stereocenters. The molecule has 0 saturated carbocycles. The van der Waals surface area contributed by atoms with Crippen LogP contribution in [0.2, 0.25) is 0 Å². The van der Waals surface area contributed by atoms with Gasteiger partial charge in [-0.15, -0.1) is 0 Å². The van der Waals surface area contributed by atoms with Crippen molar-refractivity contribution in [2.75, 3.05) is 5.32 Å². The van der Waals surface area contributed by atoms with E-state index in [-0.39, 0.29) is 11.8 Å². The summed E-state index contributed by atoms with van der Waals surface area (Å²) in [4.78, 5) is 16.5. The van der Waals surface area contributed by atoms with E-state index in [2.05, 4.69) is 23.3 Å². The molecule has 20 heavy (non-hydrogen) atoms. The molecule has 0 aromatic heterocycles. The number of aryl methyl sites for hydroxylation is 1. The number of carbonyl (C=O) groups is 1. The van der Waals surface area contributed by atoms with Gasteiger partial charge in [-0.05, 0) is 29.7 Å². The first kappa shape index (κ1) is 12.6. The van der Waals surface area contributed by atoms with Gasteiger partial charge in [0.15, 0.2) is 0 Å². The highest BCUT2D eigenvalue weighted by atomic mass is 16.2. The molecule has 100 valence electrons. The number of para-hydroxylation sites is 2. The van der Waals surface area contributed by atoms with Crippen molar-refractivity contribution < 1.29 is 4.79 Å². The number of benzene rings is 2. The Hall–Kier alpha value is -2.42. The van der Waals surface area contributed by atoms with Gasteiger partial charge < -0.3 is 5.32 Å². The van der Waals surface area contributed by atoms with E-state index in [1.54, 1.807) is 6.21 Å². The Morgan fingerprint density at radius 2 is 1.90 bits per heavy atom. The third-order valence-electron chi connectivity index (χ3n) is 3.57. The second kappa shape index (κ2) is 5.29. The molecule has 0 radical (unpaired) electrons. The van der Waals surface area contributed by atoms with Crippen LogP contribution < -0.4 is 5.32 Å². The van der Waals surface area contributed by atoms with Gasteiger partial charge in [-0.25, -0.2) is 0 Å². The average Bonchev–Trinajstić information content (AvgIpc) is 2.81. The topological polar surface area (TPSA) is 41.5 Å². The minimum Gasteiger partial charge on any atom is -0.325 e. The Bertz CT molecular complexity index is 676. The summed E-state index contributed by atoms with van der Waals surface area (Å²) >= 11 is 0. The molecule has 0 spiro atoms. The molecular formula is C17H16N2O. The quantitative estimate of drug-likeness (QED) is 0.844. The number of nitrogens with zero attached hydrogens (tertiary/aromatic N) is 1. The van der Waals surface area contributed by atoms with Crippen molar-refractivity contribution in [3.8, 4) is 0 Å². The highest BCUT2D eigenvalue weighted by molar-refractivity contribution is 6.12. The second-order valence-corrected chi connectivity index (χ2v) is 4.81. The molecule has 0 bridgehead atoms. The molecule has 0 saturated heterocycles. The van der Waals surface area contributed by atoms with E-state index >= 15 is 0 Å². The van der Waals surface area contributed by atoms with Gasteiger partial charge in [0.2, 0.25) is 5.91 Å². The summed E-state index contributed by atoms with van der Waals surface area (Å²) < 4.78 is 0. The fourth-order valence-electron chi connectivity index (χ4n) is 2.47. The van der Waals surface area contributed by atoms with Crippen LogP contribution in [0.15, 0.2) is 53.5 Å². The number of nitrogens with one attached hydrogen (secondary N) is 1. The summed E-state index contributed by atoms with van der Waals surface area (Å²) in [6, 6.07) is 15.8. The van der Waals surface area contributed by atoms with Crippen LogP contribution in [0.3, 0.4) is 0 Å². The maximum Gasteiger partial charge on any atom is 0.237 e. The molecule has 1 atom stereocenters. The number of carbonyl (C=O) groups excluding carboxylic acids is 1. The van der Waals surface area contributed by atoms with Crippen LogP contribution in [0.1, 0.15) is 24.0 Å². The van der Waals surface area contributed by atoms with E-state index in [9.17, 15) is 4.79 Å². The van der Waals surface area contributed by atoms with Crippen molar-refractivity contribution >= 4 is 23.5 Å². The predicted octanol–water partition coefficient (Wildman–Crippen LogP) is 3.69. The molecule has 3 heteroatoms. The van der Waals surface area contributed by atoms with Gasteiger partial charge >= 0.3 is 0 Å². The molecule has 2 aromatic carbocycles. The SMILES string of the molecule is CCc1ccccc1N=CC1C(=O)Nc2ccccc21. The van der Waals surface area contributed by atoms with Gasteiger partial charge in [0, 0.05) is 11.9 Å². The zero-order valence-corrected chi connectivity index (χ0v) is 11.3. The van der Waals surface area contributed by atoms with Crippen molar-refractivity contribution in [3.63, 3.8) is 0 Å². The third kappa shape index (κ3) is 2.23. The maximum atomic E-state index is 12.0. The normalized spacial score (nSPS) is 17.2. The van der Waals surface area contributed by atoms with Crippen LogP contribution in [-0.2, 0) is 11.2 Å². The largest absolute Gasteiger partial charge is 0.325 e. The monoisotopic (exact) mass is 264 g/mol. The van der Waals surface area contributed by atoms with Crippen LogP contribution >= 0.6 is 0 Å². The van der Waals surface area contributed by atoms with E-state index in [1.165, 1.54) is 5.56 Å². The van der Waals surface area contributed by atoms with E-state index in [0.717, 1.165) is 23.4 Å². The first-order valence-electron chi connectivity index (χ1n) is 6.81. The minimum absolute atomic E-state index is 0.0103. The van der Waals surface area contributed by atoms with E-state index in [1.807, 2.05) is 42.5 Å². The summed E-state index contributed by atoms with van der Waals surface area (Å²) in [6.07, 6.45) is 2.68. The lowest BCUT2D eigenvalue weighted by atomic mass is 10.0. The molecule has 1 aliphatic heterocycles. The first-order chi connectivity index (χ1) is 9.79. The zero-order valence-electron chi connectivity index (χ0n) is 11.3. The van der Waals surface area contributed by atoms with Gasteiger partial charge in [0.05, 0.1) is 5.69 Å². The van der Waals surface area contributed by atoms with Crippen LogP contribution in [0.25, 0.3) is 0 Å². The first-order valence-corrected chi connectivity index (χ1v) is 6.81. The Morgan fingerprint density at radius 3 is 2.75 bits per heavy atom. The zero-order chi connectivity index (χ0) is 13.9. The lowest BCUT2D eigenvalue weighted by molar-refractivity contribution is -0.115. The number of hydrogen-bond donors (Lipinski definition) is 1. The standard InChI is InChI=1S/C17H16N2O/c1-2-12-7-3-5-9-15(12)18-11-14-13-8-4-6-10-16(13)19-17(14)20/h3-11,14H,2H2,1H3,(H,19,20). The van der Waals surface area contributed by atoms with Crippen LogP contribution in [0.4, 0.5) is 11.4 Å². The van der Waals surface area contributed by atoms with Gasteiger partial charge in [0.25, 0.3) is 0 Å². The number of hydrogen-bond acceptors (Lipinski definition) is 2. The summed E-state index contributed by atoms with van der Waals surface area (Å²) in [7, 11) is 0. The highest BCUT2D eigenvalue weighted by Gasteiger charge is 2.28. The van der Waals surface area contributed by atoms with Crippen LogP contribution in [0.5, 0.6) is 0 Å². The molecule has 1 heterocycles. The number of amides is 1. The molecule has 3 nitrogen and oxygen atoms in total. The van der Waals surface area contributed by atoms with E-state index in [0.29, 0.717) is 0 Å². The van der Waals surface area contributed by atoms with Gasteiger partial charge in [-0.1, -0.05) is 43.3 Å². The van der Waals surface area contributed by atoms with Crippen molar-refractivity contribution in [1.82, 2.24) is 0 Å². The van der Waals surface area contributed by atoms with Crippen molar-refractivity contribution in [2.24, 2.45) is 4.99 Å². The van der Waals surface area contributed by atoms with Crippen molar-refractivity contribution in [1.29, 1.82) is 0 Å². The minimum atomic E-state index is -0.295. The number of rotatable bonds is 3. The van der Waals surface area contributed by atoms with E-state index < -0.39 is 0 Å². The Balaban J connectivity index is 1.91. The highest BCUT2D eigenvalue weighted by Crippen LogP contribution is 2.31. The lowest BCUT2D eigenvalue weighted by Crippen LogP contribution is -2.12. The molecule has 0 aliphatic carbocycles. The number of fused-ring (bicyclic) bond motifs is 1. The van der Waals surface area contributed by atoms with Crippen molar-refractivity contribution in [3.05, 3.63) is 59.7 Å². The van der Waals surface area contributed by atoms with Crippen LogP contribution in [0, 0.1) is 0 Å². The fourth-order valence-corrected chi connectivity index (χ4v) is 2.47. The molecule has 2 aromatic rings. The van der Waals surface area contributed by atoms with E-state index in [4.69, 9.17) is 0 Å². The van der Waals surface area contributed by atoms with Gasteiger partial charge in [-0.3, -0.25) is 9.79 Å². The van der Waals surface area contributed by atoms with Gasteiger partial charge in [0.1, 0.15) is 5.92 Å². The van der Waals surface area contributed by atoms with Crippen LogP contribution in [-0.4, -0.2) is 12.1 Å². The molecule has 1 N–H and O–H groups in total. The Morgan fingerprint density at radius 1 is 1.15 bits per heavy atom. The average molecular weight is 264 g/mol. The smallest absolute Gasteiger partial charge is 0.237 e. The summed E-state index contributed by atoms with van der Waals surface area (Å²) in [6.45, 7) is 2.10. The molecule has 3 rings (SSSR count). The predicted molar refractivity (Wildman–Crippen MR) is 81.8 cm³/mol. The maximum absolute atomic E-state index is 12.0.